The zero-order valence-corrected chi connectivity index (χ0v) is 14.3. The van der Waals surface area contributed by atoms with Crippen molar-refractivity contribution in [3.05, 3.63) is 65.6 Å². The number of nitrogens with zero attached hydrogens (tertiary/aromatic N) is 1. The Morgan fingerprint density at radius 3 is 2.71 bits per heavy atom. The number of fused-ring (bicyclic) bond motifs is 1. The van der Waals surface area contributed by atoms with E-state index in [1.807, 2.05) is 36.5 Å². The molecule has 1 heterocycles. The van der Waals surface area contributed by atoms with Crippen LogP contribution in [0.5, 0.6) is 0 Å². The molecule has 4 nitrogen and oxygen atoms in total. The second-order valence-electron chi connectivity index (χ2n) is 5.39. The Bertz CT molecular complexity index is 970. The Morgan fingerprint density at radius 1 is 1.12 bits per heavy atom. The van der Waals surface area contributed by atoms with Crippen molar-refractivity contribution in [2.24, 2.45) is 0 Å². The van der Waals surface area contributed by atoms with Gasteiger partial charge in [-0.1, -0.05) is 29.8 Å². The van der Waals surface area contributed by atoms with Crippen LogP contribution in [0.1, 0.15) is 6.42 Å². The van der Waals surface area contributed by atoms with Crippen LogP contribution in [0.15, 0.2) is 59.6 Å². The number of sulfonamides is 1. The molecule has 0 bridgehead atoms. The fourth-order valence-electron chi connectivity index (χ4n) is 2.56. The highest BCUT2D eigenvalue weighted by Gasteiger charge is 2.17. The van der Waals surface area contributed by atoms with Crippen molar-refractivity contribution >= 4 is 32.5 Å². The summed E-state index contributed by atoms with van der Waals surface area (Å²) in [6.07, 6.45) is 2.60. The molecule has 1 aromatic heterocycles. The Labute approximate surface area is 144 Å². The molecule has 0 aliphatic carbocycles. The van der Waals surface area contributed by atoms with E-state index in [-0.39, 0.29) is 16.5 Å². The summed E-state index contributed by atoms with van der Waals surface area (Å²) in [4.78, 5) is -0.114. The summed E-state index contributed by atoms with van der Waals surface area (Å²) in [7, 11) is -3.75. The largest absolute Gasteiger partial charge is 0.347 e. The topological polar surface area (TPSA) is 51.1 Å². The standard InChI is InChI=1S/C17H16ClFN2O2S/c18-15-12-14(19)6-7-17(15)24(22,23)20-9-3-10-21-11-8-13-4-1-2-5-16(13)21/h1-2,4-8,11-12,20H,3,9-10H2. The fraction of sp³-hybridized carbons (Fsp3) is 0.176. The molecular formula is C17H16ClFN2O2S. The average Bonchev–Trinajstić information content (AvgIpc) is 2.94. The highest BCUT2D eigenvalue weighted by molar-refractivity contribution is 7.89. The van der Waals surface area contributed by atoms with Gasteiger partial charge in [0.2, 0.25) is 10.0 Å². The molecule has 3 rings (SSSR count). The minimum Gasteiger partial charge on any atom is -0.347 e. The lowest BCUT2D eigenvalue weighted by atomic mass is 10.2. The monoisotopic (exact) mass is 366 g/mol. The molecule has 0 amide bonds. The highest BCUT2D eigenvalue weighted by atomic mass is 35.5. The normalized spacial score (nSPS) is 11.9. The predicted molar refractivity (Wildman–Crippen MR) is 93.2 cm³/mol. The van der Waals surface area contributed by atoms with Crippen molar-refractivity contribution in [1.82, 2.24) is 9.29 Å². The van der Waals surface area contributed by atoms with E-state index in [0.29, 0.717) is 13.0 Å². The predicted octanol–water partition coefficient (Wildman–Crippen LogP) is 3.80. The van der Waals surface area contributed by atoms with Crippen LogP contribution in [0.2, 0.25) is 5.02 Å². The van der Waals surface area contributed by atoms with Crippen molar-refractivity contribution < 1.29 is 12.8 Å². The van der Waals surface area contributed by atoms with Crippen LogP contribution in [0.4, 0.5) is 4.39 Å². The first kappa shape index (κ1) is 17.0. The van der Waals surface area contributed by atoms with Gasteiger partial charge in [-0.15, -0.1) is 0 Å². The van der Waals surface area contributed by atoms with E-state index >= 15 is 0 Å². The lowest BCUT2D eigenvalue weighted by Gasteiger charge is -2.09. The molecular weight excluding hydrogens is 351 g/mol. The molecule has 7 heteroatoms. The van der Waals surface area contributed by atoms with Gasteiger partial charge in [-0.25, -0.2) is 17.5 Å². The first-order valence-corrected chi connectivity index (χ1v) is 9.32. The van der Waals surface area contributed by atoms with Gasteiger partial charge in [0.05, 0.1) is 5.02 Å². The molecule has 3 aromatic rings. The SMILES string of the molecule is O=S(=O)(NCCCn1ccc2ccccc21)c1ccc(F)cc1Cl. The summed E-state index contributed by atoms with van der Waals surface area (Å²) in [6.45, 7) is 0.954. The number of aryl methyl sites for hydroxylation is 1. The molecule has 0 fully saturated rings. The Morgan fingerprint density at radius 2 is 1.92 bits per heavy atom. The summed E-state index contributed by atoms with van der Waals surface area (Å²) in [6, 6.07) is 13.3. The van der Waals surface area contributed by atoms with Gasteiger partial charge in [-0.2, -0.15) is 0 Å². The van der Waals surface area contributed by atoms with Gasteiger partial charge in [0.15, 0.2) is 0 Å². The Hall–Kier alpha value is -1.89. The van der Waals surface area contributed by atoms with Gasteiger partial charge in [0.1, 0.15) is 10.7 Å². The summed E-state index contributed by atoms with van der Waals surface area (Å²) in [5.74, 6) is -0.571. The van der Waals surface area contributed by atoms with Gasteiger partial charge in [0.25, 0.3) is 0 Å². The fourth-order valence-corrected chi connectivity index (χ4v) is 4.17. The highest BCUT2D eigenvalue weighted by Crippen LogP contribution is 2.22. The van der Waals surface area contributed by atoms with Crippen LogP contribution >= 0.6 is 11.6 Å². The number of halogens is 2. The molecule has 2 aromatic carbocycles. The number of para-hydroxylation sites is 1. The molecule has 1 N–H and O–H groups in total. The molecule has 0 aliphatic heterocycles. The van der Waals surface area contributed by atoms with Crippen molar-refractivity contribution in [1.29, 1.82) is 0 Å². The van der Waals surface area contributed by atoms with Crippen LogP contribution in [0.25, 0.3) is 10.9 Å². The van der Waals surface area contributed by atoms with Gasteiger partial charge >= 0.3 is 0 Å². The number of hydrogen-bond donors (Lipinski definition) is 1. The van der Waals surface area contributed by atoms with Crippen molar-refractivity contribution in [3.8, 4) is 0 Å². The van der Waals surface area contributed by atoms with Crippen molar-refractivity contribution in [2.45, 2.75) is 17.9 Å². The number of nitrogens with one attached hydrogen (secondary N) is 1. The van der Waals surface area contributed by atoms with Gasteiger partial charge in [0, 0.05) is 24.8 Å². The Balaban J connectivity index is 1.61. The zero-order valence-electron chi connectivity index (χ0n) is 12.7. The van der Waals surface area contributed by atoms with Crippen LogP contribution < -0.4 is 4.72 Å². The van der Waals surface area contributed by atoms with Crippen LogP contribution in [0.3, 0.4) is 0 Å². The van der Waals surface area contributed by atoms with Gasteiger partial charge in [-0.3, -0.25) is 0 Å². The first-order chi connectivity index (χ1) is 11.5. The summed E-state index contributed by atoms with van der Waals surface area (Å²) in [5.41, 5.74) is 1.11. The summed E-state index contributed by atoms with van der Waals surface area (Å²) >= 11 is 5.81. The van der Waals surface area contributed by atoms with E-state index in [1.165, 1.54) is 6.07 Å². The molecule has 0 unspecified atom stereocenters. The van der Waals surface area contributed by atoms with E-state index in [0.717, 1.165) is 23.0 Å². The third kappa shape index (κ3) is 3.61. The summed E-state index contributed by atoms with van der Waals surface area (Å²) < 4.78 is 42.0. The zero-order chi connectivity index (χ0) is 17.2. The van der Waals surface area contributed by atoms with Gasteiger partial charge in [-0.05, 0) is 42.1 Å². The number of aromatic nitrogens is 1. The minimum absolute atomic E-state index is 0.114. The van der Waals surface area contributed by atoms with E-state index in [4.69, 9.17) is 11.6 Å². The molecule has 24 heavy (non-hydrogen) atoms. The number of benzene rings is 2. The van der Waals surface area contributed by atoms with Crippen molar-refractivity contribution in [2.75, 3.05) is 6.54 Å². The maximum atomic E-state index is 13.0. The number of rotatable bonds is 6. The van der Waals surface area contributed by atoms with Crippen LogP contribution in [0, 0.1) is 5.82 Å². The van der Waals surface area contributed by atoms with E-state index in [1.54, 1.807) is 0 Å². The third-order valence-electron chi connectivity index (χ3n) is 3.73. The minimum atomic E-state index is -3.75. The van der Waals surface area contributed by atoms with E-state index in [2.05, 4.69) is 9.29 Å². The summed E-state index contributed by atoms with van der Waals surface area (Å²) in [5, 5.41) is 1.02. The van der Waals surface area contributed by atoms with Crippen LogP contribution in [-0.2, 0) is 16.6 Å². The van der Waals surface area contributed by atoms with E-state index in [9.17, 15) is 12.8 Å². The average molecular weight is 367 g/mol. The molecule has 0 radical (unpaired) electrons. The molecule has 0 saturated carbocycles. The van der Waals surface area contributed by atoms with Crippen LogP contribution in [-0.4, -0.2) is 19.5 Å². The Kier molecular flexibility index (Phi) is 4.89. The second-order valence-corrected chi connectivity index (χ2v) is 7.54. The molecule has 0 spiro atoms. The second kappa shape index (κ2) is 6.93. The lowest BCUT2D eigenvalue weighted by Crippen LogP contribution is -2.25. The maximum Gasteiger partial charge on any atom is 0.242 e. The lowest BCUT2D eigenvalue weighted by molar-refractivity contribution is 0.571. The molecule has 0 aliphatic rings. The maximum absolute atomic E-state index is 13.0. The van der Waals surface area contributed by atoms with Gasteiger partial charge < -0.3 is 4.57 Å². The van der Waals surface area contributed by atoms with Crippen molar-refractivity contribution in [3.63, 3.8) is 0 Å². The molecule has 0 atom stereocenters. The smallest absolute Gasteiger partial charge is 0.242 e. The molecule has 0 saturated heterocycles. The number of hydrogen-bond acceptors (Lipinski definition) is 2. The first-order valence-electron chi connectivity index (χ1n) is 7.46. The third-order valence-corrected chi connectivity index (χ3v) is 5.68. The quantitative estimate of drug-likeness (QED) is 0.674. The molecule has 126 valence electrons. The van der Waals surface area contributed by atoms with E-state index < -0.39 is 15.8 Å².